The Morgan fingerprint density at radius 1 is 1.36 bits per heavy atom. The van der Waals surface area contributed by atoms with Gasteiger partial charge in [-0.3, -0.25) is 9.59 Å². The summed E-state index contributed by atoms with van der Waals surface area (Å²) in [6, 6.07) is 1.62. The molecule has 0 bridgehead atoms. The molecule has 1 aromatic heterocycles. The Morgan fingerprint density at radius 3 is 2.50 bits per heavy atom. The molecule has 1 fully saturated rings. The number of amides is 1. The number of aromatic nitrogens is 1. The van der Waals surface area contributed by atoms with E-state index in [1.165, 1.54) is 6.07 Å². The average Bonchev–Trinajstić information content (AvgIpc) is 3.27. The second-order valence-electron chi connectivity index (χ2n) is 6.14. The predicted octanol–water partition coefficient (Wildman–Crippen LogP) is 1.22. The normalized spacial score (nSPS) is 14.4. The largest absolute Gasteiger partial charge is 0.503 e. The molecule has 122 valence electrons. The number of hydrogen-bond donors (Lipinski definition) is 1. The third-order valence-corrected chi connectivity index (χ3v) is 4.02. The van der Waals surface area contributed by atoms with Gasteiger partial charge >= 0.3 is 0 Å². The number of carbonyl (C=O) groups is 1. The predicted molar refractivity (Wildman–Crippen MR) is 85.5 cm³/mol. The van der Waals surface area contributed by atoms with Crippen molar-refractivity contribution in [1.82, 2.24) is 14.4 Å². The first-order valence-electron chi connectivity index (χ1n) is 7.75. The Hall–Kier alpha value is -1.82. The monoisotopic (exact) mass is 307 g/mol. The minimum Gasteiger partial charge on any atom is -0.503 e. The molecule has 22 heavy (non-hydrogen) atoms. The van der Waals surface area contributed by atoms with E-state index in [1.54, 1.807) is 4.90 Å². The molecular weight excluding hydrogens is 282 g/mol. The van der Waals surface area contributed by atoms with Crippen molar-refractivity contribution in [3.63, 3.8) is 0 Å². The Morgan fingerprint density at radius 2 is 2.00 bits per heavy atom. The zero-order chi connectivity index (χ0) is 16.4. The molecule has 1 N–H and O–H groups in total. The number of aromatic hydroxyl groups is 1. The zero-order valence-corrected chi connectivity index (χ0v) is 13.8. The first kappa shape index (κ1) is 16.5. The molecular formula is C16H25N3O3. The fourth-order valence-electron chi connectivity index (χ4n) is 2.62. The number of nitrogens with zero attached hydrogens (tertiary/aromatic N) is 3. The summed E-state index contributed by atoms with van der Waals surface area (Å²) in [5.74, 6) is -0.694. The van der Waals surface area contributed by atoms with E-state index < -0.39 is 11.2 Å². The van der Waals surface area contributed by atoms with Crippen molar-refractivity contribution in [2.45, 2.75) is 32.7 Å². The number of likely N-dealkylation sites (N-methyl/N-ethyl adjacent to an activating group) is 2. The Kier molecular flexibility index (Phi) is 4.90. The van der Waals surface area contributed by atoms with Crippen molar-refractivity contribution in [2.75, 3.05) is 33.7 Å². The van der Waals surface area contributed by atoms with E-state index in [0.29, 0.717) is 13.1 Å². The SMILES string of the molecule is CCN(CCN(C)C)C(=O)c1c(O)c(=O)cc(C)n1C1CC1. The lowest BCUT2D eigenvalue weighted by Gasteiger charge is -2.25. The standard InChI is InChI=1S/C16H25N3O3/c1-5-18(9-8-17(3)4)16(22)14-15(21)13(20)10-11(2)19(14)12-6-7-12/h10,12,21H,5-9H2,1-4H3. The first-order valence-corrected chi connectivity index (χ1v) is 7.75. The van der Waals surface area contributed by atoms with E-state index in [0.717, 1.165) is 25.1 Å². The maximum Gasteiger partial charge on any atom is 0.274 e. The highest BCUT2D eigenvalue weighted by Crippen LogP contribution is 2.38. The van der Waals surface area contributed by atoms with Crippen LogP contribution in [-0.4, -0.2) is 59.1 Å². The van der Waals surface area contributed by atoms with Gasteiger partial charge in [0.25, 0.3) is 5.91 Å². The molecule has 0 aromatic carbocycles. The lowest BCUT2D eigenvalue weighted by atomic mass is 10.2. The second-order valence-corrected chi connectivity index (χ2v) is 6.14. The maximum atomic E-state index is 12.9. The van der Waals surface area contributed by atoms with Crippen LogP contribution in [0.5, 0.6) is 5.75 Å². The van der Waals surface area contributed by atoms with Crippen molar-refractivity contribution in [3.8, 4) is 5.75 Å². The number of pyridine rings is 1. The van der Waals surface area contributed by atoms with Gasteiger partial charge in [-0.25, -0.2) is 0 Å². The molecule has 1 heterocycles. The molecule has 0 aliphatic heterocycles. The van der Waals surface area contributed by atoms with Gasteiger partial charge in [0.15, 0.2) is 11.4 Å². The summed E-state index contributed by atoms with van der Waals surface area (Å²) in [6.45, 7) is 5.55. The lowest BCUT2D eigenvalue weighted by molar-refractivity contribution is 0.0737. The summed E-state index contributed by atoms with van der Waals surface area (Å²) >= 11 is 0. The molecule has 2 rings (SSSR count). The van der Waals surface area contributed by atoms with Crippen LogP contribution in [0.1, 0.15) is 42.0 Å². The van der Waals surface area contributed by atoms with E-state index in [2.05, 4.69) is 0 Å². The summed E-state index contributed by atoms with van der Waals surface area (Å²) in [4.78, 5) is 28.4. The molecule has 0 atom stereocenters. The molecule has 1 aliphatic rings. The fraction of sp³-hybridized carbons (Fsp3) is 0.625. The van der Waals surface area contributed by atoms with Gasteiger partial charge < -0.3 is 19.5 Å². The zero-order valence-electron chi connectivity index (χ0n) is 13.8. The van der Waals surface area contributed by atoms with Gasteiger partial charge in [-0.05, 0) is 40.8 Å². The van der Waals surface area contributed by atoms with Gasteiger partial charge in [0.1, 0.15) is 0 Å². The van der Waals surface area contributed by atoms with Crippen molar-refractivity contribution in [1.29, 1.82) is 0 Å². The molecule has 0 saturated heterocycles. The first-order chi connectivity index (χ1) is 10.4. The minimum atomic E-state index is -0.485. The molecule has 1 aromatic rings. The van der Waals surface area contributed by atoms with Crippen LogP contribution in [0.4, 0.5) is 0 Å². The number of carbonyl (C=O) groups excluding carboxylic acids is 1. The lowest BCUT2D eigenvalue weighted by Crippen LogP contribution is -2.38. The van der Waals surface area contributed by atoms with E-state index >= 15 is 0 Å². The summed E-state index contributed by atoms with van der Waals surface area (Å²) in [7, 11) is 3.89. The molecule has 1 amide bonds. The van der Waals surface area contributed by atoms with E-state index in [1.807, 2.05) is 37.4 Å². The van der Waals surface area contributed by atoms with Crippen LogP contribution in [-0.2, 0) is 0 Å². The smallest absolute Gasteiger partial charge is 0.274 e. The summed E-state index contributed by atoms with van der Waals surface area (Å²) in [5.41, 5.74) is 0.395. The van der Waals surface area contributed by atoms with Crippen LogP contribution in [0.25, 0.3) is 0 Å². The second kappa shape index (κ2) is 6.52. The Balaban J connectivity index is 2.41. The van der Waals surface area contributed by atoms with Crippen LogP contribution < -0.4 is 5.43 Å². The summed E-state index contributed by atoms with van der Waals surface area (Å²) < 4.78 is 1.83. The number of rotatable bonds is 6. The number of aryl methyl sites for hydroxylation is 1. The van der Waals surface area contributed by atoms with Crippen molar-refractivity contribution < 1.29 is 9.90 Å². The highest BCUT2D eigenvalue weighted by molar-refractivity contribution is 5.95. The molecule has 1 aliphatic carbocycles. The third kappa shape index (κ3) is 3.32. The van der Waals surface area contributed by atoms with Crippen molar-refractivity contribution in [2.24, 2.45) is 0 Å². The van der Waals surface area contributed by atoms with Crippen molar-refractivity contribution in [3.05, 3.63) is 27.7 Å². The molecule has 0 spiro atoms. The molecule has 0 radical (unpaired) electrons. The van der Waals surface area contributed by atoms with Crippen LogP contribution in [0.2, 0.25) is 0 Å². The van der Waals surface area contributed by atoms with Crippen LogP contribution in [0.15, 0.2) is 10.9 Å². The van der Waals surface area contributed by atoms with Gasteiger partial charge in [0, 0.05) is 37.4 Å². The van der Waals surface area contributed by atoms with Crippen LogP contribution in [0, 0.1) is 6.92 Å². The van der Waals surface area contributed by atoms with E-state index in [-0.39, 0.29) is 17.6 Å². The quantitative estimate of drug-likeness (QED) is 0.858. The average molecular weight is 307 g/mol. The van der Waals surface area contributed by atoms with Gasteiger partial charge in [0.05, 0.1) is 0 Å². The van der Waals surface area contributed by atoms with Crippen molar-refractivity contribution >= 4 is 5.91 Å². The van der Waals surface area contributed by atoms with Gasteiger partial charge in [-0.15, -0.1) is 0 Å². The summed E-state index contributed by atoms with van der Waals surface area (Å²) in [6.07, 6.45) is 1.96. The maximum absolute atomic E-state index is 12.9. The van der Waals surface area contributed by atoms with Gasteiger partial charge in [-0.2, -0.15) is 0 Å². The third-order valence-electron chi connectivity index (χ3n) is 4.02. The molecule has 6 heteroatoms. The van der Waals surface area contributed by atoms with Gasteiger partial charge in [-0.1, -0.05) is 0 Å². The van der Waals surface area contributed by atoms with E-state index in [4.69, 9.17) is 0 Å². The molecule has 0 unspecified atom stereocenters. The van der Waals surface area contributed by atoms with E-state index in [9.17, 15) is 14.7 Å². The van der Waals surface area contributed by atoms with Crippen LogP contribution in [0.3, 0.4) is 0 Å². The highest BCUT2D eigenvalue weighted by Gasteiger charge is 2.32. The fourth-order valence-corrected chi connectivity index (χ4v) is 2.62. The molecule has 6 nitrogen and oxygen atoms in total. The Labute approximate surface area is 131 Å². The topological polar surface area (TPSA) is 65.8 Å². The molecule has 1 saturated carbocycles. The summed E-state index contributed by atoms with van der Waals surface area (Å²) in [5, 5.41) is 10.2. The van der Waals surface area contributed by atoms with Gasteiger partial charge in [0.2, 0.25) is 5.43 Å². The minimum absolute atomic E-state index is 0.146. The highest BCUT2D eigenvalue weighted by atomic mass is 16.3. The van der Waals surface area contributed by atoms with Crippen LogP contribution >= 0.6 is 0 Å². The number of hydrogen-bond acceptors (Lipinski definition) is 4. The Bertz CT molecular complexity index is 618.